The van der Waals surface area contributed by atoms with Gasteiger partial charge in [-0.1, -0.05) is 36.4 Å². The lowest BCUT2D eigenvalue weighted by Crippen LogP contribution is -2.29. The minimum atomic E-state index is -0.893. The topological polar surface area (TPSA) is 55.4 Å². The van der Waals surface area contributed by atoms with Gasteiger partial charge in [0.2, 0.25) is 0 Å². The summed E-state index contributed by atoms with van der Waals surface area (Å²) in [6.45, 7) is 0. The van der Waals surface area contributed by atoms with Crippen molar-refractivity contribution in [3.05, 3.63) is 71.1 Å². The van der Waals surface area contributed by atoms with Gasteiger partial charge < -0.3 is 4.74 Å². The zero-order valence-electron chi connectivity index (χ0n) is 11.9. The average Bonchev–Trinajstić information content (AvgIpc) is 3.00. The van der Waals surface area contributed by atoms with Crippen LogP contribution < -0.4 is 5.32 Å². The summed E-state index contributed by atoms with van der Waals surface area (Å²) in [4.78, 5) is 24.0. The van der Waals surface area contributed by atoms with E-state index in [2.05, 4.69) is 22.1 Å². The molecule has 0 fully saturated rings. The fourth-order valence-electron chi connectivity index (χ4n) is 1.93. The smallest absolute Gasteiger partial charge is 0.355 e. The molecule has 0 atom stereocenters. The Morgan fingerprint density at radius 2 is 1.74 bits per heavy atom. The molecular weight excluding hydrogens is 310 g/mol. The van der Waals surface area contributed by atoms with Gasteiger partial charge in [0, 0.05) is 10.3 Å². The molecule has 1 N–H and O–H groups in total. The van der Waals surface area contributed by atoms with E-state index in [1.54, 1.807) is 18.2 Å². The number of benzene rings is 2. The third-order valence-corrected chi connectivity index (χ3v) is 4.09. The molecule has 0 unspecified atom stereocenters. The monoisotopic (exact) mass is 321 g/mol. The Bertz CT molecular complexity index is 886. The Kier molecular flexibility index (Phi) is 4.37. The van der Waals surface area contributed by atoms with E-state index in [4.69, 9.17) is 0 Å². The maximum Gasteiger partial charge on any atom is 0.428 e. The maximum atomic E-state index is 12.0. The van der Waals surface area contributed by atoms with Crippen LogP contribution in [0.25, 0.3) is 10.1 Å². The summed E-state index contributed by atoms with van der Waals surface area (Å²) in [5.74, 6) is 2.17. The SMILES string of the molecule is O=C(NC(=O)c1cc2ccccc2s1)OC#Cc1ccccc1. The molecule has 0 radical (unpaired) electrons. The van der Waals surface area contributed by atoms with E-state index in [1.807, 2.05) is 42.5 Å². The molecule has 4 nitrogen and oxygen atoms in total. The molecule has 5 heteroatoms. The zero-order chi connectivity index (χ0) is 16.1. The predicted octanol–water partition coefficient (Wildman–Crippen LogP) is 3.78. The molecule has 0 bridgehead atoms. The Hall–Kier alpha value is -3.10. The highest BCUT2D eigenvalue weighted by Gasteiger charge is 2.13. The van der Waals surface area contributed by atoms with Crippen LogP contribution in [0.4, 0.5) is 4.79 Å². The van der Waals surface area contributed by atoms with Gasteiger partial charge in [0.05, 0.1) is 4.88 Å². The first-order chi connectivity index (χ1) is 11.2. The third kappa shape index (κ3) is 3.76. The number of hydrogen-bond donors (Lipinski definition) is 1. The Morgan fingerprint density at radius 1 is 1.00 bits per heavy atom. The van der Waals surface area contributed by atoms with Crippen LogP contribution in [0, 0.1) is 12.0 Å². The van der Waals surface area contributed by atoms with Crippen LogP contribution in [-0.4, -0.2) is 12.0 Å². The first-order valence-electron chi connectivity index (χ1n) is 6.79. The summed E-state index contributed by atoms with van der Waals surface area (Å²) in [5.41, 5.74) is 0.719. The molecule has 1 aromatic heterocycles. The molecule has 0 aliphatic rings. The Balaban J connectivity index is 1.61. The first kappa shape index (κ1) is 14.8. The van der Waals surface area contributed by atoms with Gasteiger partial charge in [-0.05, 0) is 35.6 Å². The number of amides is 2. The second-order valence-electron chi connectivity index (χ2n) is 4.59. The van der Waals surface area contributed by atoms with Crippen molar-refractivity contribution in [2.75, 3.05) is 0 Å². The highest BCUT2D eigenvalue weighted by molar-refractivity contribution is 7.20. The van der Waals surface area contributed by atoms with Crippen molar-refractivity contribution in [3.63, 3.8) is 0 Å². The molecule has 0 aliphatic carbocycles. The molecule has 23 heavy (non-hydrogen) atoms. The molecule has 1 heterocycles. The van der Waals surface area contributed by atoms with E-state index in [0.717, 1.165) is 15.6 Å². The standard InChI is InChI=1S/C18H11NO3S/c20-17(16-12-14-8-4-5-9-15(14)23-16)19-18(21)22-11-10-13-6-2-1-3-7-13/h1-9,12H,(H,19,20,21). The summed E-state index contributed by atoms with van der Waals surface area (Å²) in [7, 11) is 0. The van der Waals surface area contributed by atoms with Crippen LogP contribution >= 0.6 is 11.3 Å². The number of hydrogen-bond acceptors (Lipinski definition) is 4. The summed E-state index contributed by atoms with van der Waals surface area (Å²) < 4.78 is 5.67. The molecule has 0 aliphatic heterocycles. The molecule has 0 spiro atoms. The highest BCUT2D eigenvalue weighted by Crippen LogP contribution is 2.24. The lowest BCUT2D eigenvalue weighted by atomic mass is 10.2. The second-order valence-corrected chi connectivity index (χ2v) is 5.67. The molecule has 0 saturated heterocycles. The molecule has 2 amide bonds. The van der Waals surface area contributed by atoms with Crippen molar-refractivity contribution < 1.29 is 14.3 Å². The number of ether oxygens (including phenoxy) is 1. The van der Waals surface area contributed by atoms with Gasteiger partial charge in [-0.25, -0.2) is 4.79 Å². The van der Waals surface area contributed by atoms with Crippen LogP contribution in [0.3, 0.4) is 0 Å². The lowest BCUT2D eigenvalue weighted by molar-refractivity contribution is 0.0951. The molecule has 0 saturated carbocycles. The van der Waals surface area contributed by atoms with Crippen LogP contribution in [0.15, 0.2) is 60.7 Å². The Labute approximate surface area is 136 Å². The third-order valence-electron chi connectivity index (χ3n) is 2.98. The van der Waals surface area contributed by atoms with Gasteiger partial charge in [-0.3, -0.25) is 10.1 Å². The maximum absolute atomic E-state index is 12.0. The molecule has 3 rings (SSSR count). The minimum Gasteiger partial charge on any atom is -0.355 e. The van der Waals surface area contributed by atoms with E-state index < -0.39 is 12.0 Å². The van der Waals surface area contributed by atoms with Crippen LogP contribution in [0.5, 0.6) is 0 Å². The normalized spacial score (nSPS) is 9.74. The number of thiophene rings is 1. The molecular formula is C18H11NO3S. The van der Waals surface area contributed by atoms with Crippen molar-refractivity contribution >= 4 is 33.4 Å². The van der Waals surface area contributed by atoms with Gasteiger partial charge >= 0.3 is 6.09 Å². The van der Waals surface area contributed by atoms with Crippen LogP contribution in [0.2, 0.25) is 0 Å². The van der Waals surface area contributed by atoms with Crippen molar-refractivity contribution in [2.24, 2.45) is 0 Å². The van der Waals surface area contributed by atoms with E-state index >= 15 is 0 Å². The van der Waals surface area contributed by atoms with Gasteiger partial charge in [-0.2, -0.15) is 0 Å². The van der Waals surface area contributed by atoms with E-state index in [9.17, 15) is 9.59 Å². The quantitative estimate of drug-likeness (QED) is 0.694. The minimum absolute atomic E-state index is 0.444. The highest BCUT2D eigenvalue weighted by atomic mass is 32.1. The van der Waals surface area contributed by atoms with E-state index in [1.165, 1.54) is 11.3 Å². The summed E-state index contributed by atoms with van der Waals surface area (Å²) in [5, 5.41) is 3.11. The first-order valence-corrected chi connectivity index (χ1v) is 7.61. The van der Waals surface area contributed by atoms with Crippen molar-refractivity contribution in [3.8, 4) is 12.0 Å². The van der Waals surface area contributed by atoms with Crippen molar-refractivity contribution in [2.45, 2.75) is 0 Å². The number of alkyl carbamates (subject to hydrolysis) is 1. The zero-order valence-corrected chi connectivity index (χ0v) is 12.7. The van der Waals surface area contributed by atoms with Crippen LogP contribution in [0.1, 0.15) is 15.2 Å². The number of imide groups is 1. The molecule has 112 valence electrons. The van der Waals surface area contributed by atoms with Crippen LogP contribution in [-0.2, 0) is 4.74 Å². The largest absolute Gasteiger partial charge is 0.428 e. The van der Waals surface area contributed by atoms with E-state index in [-0.39, 0.29) is 0 Å². The number of nitrogens with one attached hydrogen (secondary N) is 1. The molecule has 3 aromatic rings. The Morgan fingerprint density at radius 3 is 2.52 bits per heavy atom. The number of fused-ring (bicyclic) bond motifs is 1. The summed E-state index contributed by atoms with van der Waals surface area (Å²) >= 11 is 1.31. The lowest BCUT2D eigenvalue weighted by Gasteiger charge is -1.98. The second kappa shape index (κ2) is 6.77. The average molecular weight is 321 g/mol. The van der Waals surface area contributed by atoms with Crippen molar-refractivity contribution in [1.82, 2.24) is 5.32 Å². The van der Waals surface area contributed by atoms with Gasteiger partial charge in [-0.15, -0.1) is 11.3 Å². The molecule has 2 aromatic carbocycles. The fraction of sp³-hybridized carbons (Fsp3) is 0. The number of carbonyl (C=O) groups is 2. The number of rotatable bonds is 1. The fourth-order valence-corrected chi connectivity index (χ4v) is 2.88. The van der Waals surface area contributed by atoms with Gasteiger partial charge in [0.1, 0.15) is 6.11 Å². The van der Waals surface area contributed by atoms with Gasteiger partial charge in [0.25, 0.3) is 5.91 Å². The predicted molar refractivity (Wildman–Crippen MR) is 89.1 cm³/mol. The van der Waals surface area contributed by atoms with E-state index in [0.29, 0.717) is 4.88 Å². The van der Waals surface area contributed by atoms with Gasteiger partial charge in [0.15, 0.2) is 0 Å². The van der Waals surface area contributed by atoms with Crippen molar-refractivity contribution in [1.29, 1.82) is 0 Å². The summed E-state index contributed by atoms with van der Waals surface area (Å²) in [6, 6.07) is 18.4. The summed E-state index contributed by atoms with van der Waals surface area (Å²) in [6.07, 6.45) is 1.38. The number of carbonyl (C=O) groups excluding carboxylic acids is 2.